The van der Waals surface area contributed by atoms with Crippen LogP contribution < -0.4 is 11.1 Å². The Balaban J connectivity index is 1.68. The monoisotopic (exact) mass is 328 g/mol. The third-order valence-electron chi connectivity index (χ3n) is 3.87. The number of hydrogen-bond acceptors (Lipinski definition) is 2. The van der Waals surface area contributed by atoms with E-state index in [9.17, 15) is 13.2 Å². The van der Waals surface area contributed by atoms with Gasteiger partial charge in [-0.25, -0.2) is 0 Å². The first-order valence-electron chi connectivity index (χ1n) is 7.87. The SMILES string of the molecule is NC(=NCCCN1CCCC1)NCc1ccc(C(F)(F)F)cc1. The molecule has 0 saturated carbocycles. The largest absolute Gasteiger partial charge is 0.416 e. The van der Waals surface area contributed by atoms with Crippen LogP contribution in [0.5, 0.6) is 0 Å². The van der Waals surface area contributed by atoms with Gasteiger partial charge in [-0.3, -0.25) is 4.99 Å². The van der Waals surface area contributed by atoms with Gasteiger partial charge < -0.3 is 16.0 Å². The molecule has 1 aliphatic heterocycles. The van der Waals surface area contributed by atoms with Crippen LogP contribution in [0.1, 0.15) is 30.4 Å². The van der Waals surface area contributed by atoms with E-state index >= 15 is 0 Å². The summed E-state index contributed by atoms with van der Waals surface area (Å²) in [6, 6.07) is 5.02. The minimum absolute atomic E-state index is 0.325. The smallest absolute Gasteiger partial charge is 0.370 e. The topological polar surface area (TPSA) is 53.6 Å². The predicted octanol–water partition coefficient (Wildman–Crippen LogP) is 2.60. The fourth-order valence-corrected chi connectivity index (χ4v) is 2.56. The van der Waals surface area contributed by atoms with Gasteiger partial charge in [-0.05, 0) is 56.6 Å². The number of halogens is 3. The molecule has 4 nitrogen and oxygen atoms in total. The van der Waals surface area contributed by atoms with E-state index in [2.05, 4.69) is 15.2 Å². The highest BCUT2D eigenvalue weighted by Gasteiger charge is 2.29. The highest BCUT2D eigenvalue weighted by Crippen LogP contribution is 2.28. The van der Waals surface area contributed by atoms with Gasteiger partial charge in [-0.15, -0.1) is 0 Å². The molecule has 1 aliphatic rings. The summed E-state index contributed by atoms with van der Waals surface area (Å²) >= 11 is 0. The molecule has 7 heteroatoms. The Morgan fingerprint density at radius 3 is 2.43 bits per heavy atom. The molecule has 128 valence electrons. The summed E-state index contributed by atoms with van der Waals surface area (Å²) in [5.41, 5.74) is 5.84. The second kappa shape index (κ2) is 8.19. The summed E-state index contributed by atoms with van der Waals surface area (Å²) in [4.78, 5) is 6.65. The lowest BCUT2D eigenvalue weighted by Gasteiger charge is -2.13. The zero-order valence-electron chi connectivity index (χ0n) is 13.1. The summed E-state index contributed by atoms with van der Waals surface area (Å²) < 4.78 is 37.4. The molecule has 0 atom stereocenters. The molecule has 0 aliphatic carbocycles. The van der Waals surface area contributed by atoms with Crippen molar-refractivity contribution >= 4 is 5.96 Å². The highest BCUT2D eigenvalue weighted by atomic mass is 19.4. The minimum atomic E-state index is -4.30. The van der Waals surface area contributed by atoms with Crippen molar-refractivity contribution in [2.75, 3.05) is 26.2 Å². The van der Waals surface area contributed by atoms with Crippen molar-refractivity contribution < 1.29 is 13.2 Å². The second-order valence-corrected chi connectivity index (χ2v) is 5.72. The molecule has 1 aromatic carbocycles. The number of nitrogens with one attached hydrogen (secondary N) is 1. The molecule has 1 fully saturated rings. The first-order valence-corrected chi connectivity index (χ1v) is 7.87. The molecule has 1 heterocycles. The van der Waals surface area contributed by atoms with Crippen molar-refractivity contribution in [1.82, 2.24) is 10.2 Å². The van der Waals surface area contributed by atoms with Gasteiger partial charge >= 0.3 is 6.18 Å². The Hall–Kier alpha value is -1.76. The van der Waals surface area contributed by atoms with E-state index in [1.165, 1.54) is 38.1 Å². The number of benzene rings is 1. The Bertz CT molecular complexity index is 505. The average Bonchev–Trinajstić information content (AvgIpc) is 3.02. The highest BCUT2D eigenvalue weighted by molar-refractivity contribution is 5.77. The molecule has 0 unspecified atom stereocenters. The van der Waals surface area contributed by atoms with Gasteiger partial charge in [0.05, 0.1) is 5.56 Å². The molecule has 23 heavy (non-hydrogen) atoms. The van der Waals surface area contributed by atoms with Crippen LogP contribution in [0.25, 0.3) is 0 Å². The van der Waals surface area contributed by atoms with Crippen LogP contribution in [-0.2, 0) is 12.7 Å². The van der Waals surface area contributed by atoms with E-state index in [0.29, 0.717) is 19.0 Å². The van der Waals surface area contributed by atoms with Gasteiger partial charge in [0.2, 0.25) is 0 Å². The summed E-state index contributed by atoms with van der Waals surface area (Å²) in [6.45, 7) is 4.40. The molecule has 0 spiro atoms. The van der Waals surface area contributed by atoms with Gasteiger partial charge in [-0.2, -0.15) is 13.2 Å². The van der Waals surface area contributed by atoms with Crippen LogP contribution in [0.2, 0.25) is 0 Å². The Kier molecular flexibility index (Phi) is 6.27. The maximum atomic E-state index is 12.5. The van der Waals surface area contributed by atoms with E-state index in [1.807, 2.05) is 0 Å². The molecule has 0 bridgehead atoms. The summed E-state index contributed by atoms with van der Waals surface area (Å²) in [7, 11) is 0. The van der Waals surface area contributed by atoms with Crippen LogP contribution in [-0.4, -0.2) is 37.0 Å². The fourth-order valence-electron chi connectivity index (χ4n) is 2.56. The van der Waals surface area contributed by atoms with Crippen LogP contribution in [0, 0.1) is 0 Å². The predicted molar refractivity (Wildman–Crippen MR) is 85.1 cm³/mol. The van der Waals surface area contributed by atoms with E-state index in [0.717, 1.165) is 30.7 Å². The van der Waals surface area contributed by atoms with Crippen molar-refractivity contribution in [2.45, 2.75) is 32.0 Å². The number of guanidine groups is 1. The molecule has 1 aromatic rings. The lowest BCUT2D eigenvalue weighted by molar-refractivity contribution is -0.137. The summed E-state index contributed by atoms with van der Waals surface area (Å²) in [5.74, 6) is 0.325. The minimum Gasteiger partial charge on any atom is -0.370 e. The fraction of sp³-hybridized carbons (Fsp3) is 0.562. The Morgan fingerprint density at radius 1 is 1.17 bits per heavy atom. The summed E-state index contributed by atoms with van der Waals surface area (Å²) in [5, 5.41) is 2.92. The molecule has 0 amide bonds. The number of rotatable bonds is 6. The quantitative estimate of drug-likeness (QED) is 0.479. The maximum Gasteiger partial charge on any atom is 0.416 e. The van der Waals surface area contributed by atoms with Crippen molar-refractivity contribution in [2.24, 2.45) is 10.7 Å². The van der Waals surface area contributed by atoms with Crippen molar-refractivity contribution in [3.63, 3.8) is 0 Å². The van der Waals surface area contributed by atoms with E-state index in [1.54, 1.807) is 0 Å². The van der Waals surface area contributed by atoms with Crippen LogP contribution in [0.4, 0.5) is 13.2 Å². The van der Waals surface area contributed by atoms with E-state index < -0.39 is 11.7 Å². The number of alkyl halides is 3. The molecule has 1 saturated heterocycles. The maximum absolute atomic E-state index is 12.5. The first-order chi connectivity index (χ1) is 10.9. The number of likely N-dealkylation sites (tertiary alicyclic amines) is 1. The summed E-state index contributed by atoms with van der Waals surface area (Å²) in [6.07, 6.45) is -0.787. The van der Waals surface area contributed by atoms with Crippen molar-refractivity contribution in [3.05, 3.63) is 35.4 Å². The normalized spacial score (nSPS) is 16.7. The van der Waals surface area contributed by atoms with Crippen molar-refractivity contribution in [1.29, 1.82) is 0 Å². The third-order valence-corrected chi connectivity index (χ3v) is 3.87. The van der Waals surface area contributed by atoms with Gasteiger partial charge in [0.25, 0.3) is 0 Å². The zero-order valence-corrected chi connectivity index (χ0v) is 13.1. The van der Waals surface area contributed by atoms with E-state index in [4.69, 9.17) is 5.73 Å². The molecular weight excluding hydrogens is 305 g/mol. The number of aliphatic imine (C=N–C) groups is 1. The van der Waals surface area contributed by atoms with Crippen molar-refractivity contribution in [3.8, 4) is 0 Å². The Labute approximate surface area is 134 Å². The number of hydrogen-bond donors (Lipinski definition) is 2. The van der Waals surface area contributed by atoms with Crippen LogP contribution in [0.15, 0.2) is 29.3 Å². The van der Waals surface area contributed by atoms with Crippen LogP contribution in [0.3, 0.4) is 0 Å². The Morgan fingerprint density at radius 2 is 1.83 bits per heavy atom. The average molecular weight is 328 g/mol. The number of nitrogens with zero attached hydrogens (tertiary/aromatic N) is 2. The molecule has 0 radical (unpaired) electrons. The van der Waals surface area contributed by atoms with Gasteiger partial charge in [0.15, 0.2) is 5.96 Å². The molecule has 2 rings (SSSR count). The molecule has 3 N–H and O–H groups in total. The van der Waals surface area contributed by atoms with Gasteiger partial charge in [0, 0.05) is 13.1 Å². The zero-order chi connectivity index (χ0) is 16.7. The molecule has 0 aromatic heterocycles. The third kappa shape index (κ3) is 6.09. The second-order valence-electron chi connectivity index (χ2n) is 5.72. The van der Waals surface area contributed by atoms with Gasteiger partial charge in [0.1, 0.15) is 0 Å². The number of nitrogens with two attached hydrogens (primary N) is 1. The van der Waals surface area contributed by atoms with Gasteiger partial charge in [-0.1, -0.05) is 12.1 Å². The molecular formula is C16H23F3N4. The lowest BCUT2D eigenvalue weighted by atomic mass is 10.1. The first kappa shape index (κ1) is 17.6. The van der Waals surface area contributed by atoms with E-state index in [-0.39, 0.29) is 0 Å². The lowest BCUT2D eigenvalue weighted by Crippen LogP contribution is -2.31. The standard InChI is InChI=1S/C16H23F3N4/c17-16(18,19)14-6-4-13(5-7-14)12-22-15(20)21-8-3-11-23-9-1-2-10-23/h4-7H,1-3,8-12H2,(H3,20,21,22). The van der Waals surface area contributed by atoms with Crippen LogP contribution >= 0.6 is 0 Å².